The minimum atomic E-state index is -0.623. The summed E-state index contributed by atoms with van der Waals surface area (Å²) in [6.07, 6.45) is 1.42. The molecule has 1 N–H and O–H groups in total. The third-order valence-electron chi connectivity index (χ3n) is 5.06. The van der Waals surface area contributed by atoms with E-state index in [2.05, 4.69) is 10.5 Å². The summed E-state index contributed by atoms with van der Waals surface area (Å²) in [6, 6.07) is 28.0. The Balaban J connectivity index is 1.22. The van der Waals surface area contributed by atoms with E-state index in [-0.39, 0.29) is 22.9 Å². The molecule has 0 atom stereocenters. The normalized spacial score (nSPS) is 10.7. The zero-order valence-electron chi connectivity index (χ0n) is 20.0. The number of nitrogens with one attached hydrogen (secondary N) is 1. The number of amides is 1. The number of hydrogen-bond acceptors (Lipinski definition) is 6. The second-order valence-corrected chi connectivity index (χ2v) is 8.76. The summed E-state index contributed by atoms with van der Waals surface area (Å²) in [4.78, 5) is 24.5. The highest BCUT2D eigenvalue weighted by molar-refractivity contribution is 6.36. The predicted molar refractivity (Wildman–Crippen MR) is 146 cm³/mol. The number of carbonyl (C=O) groups is 2. The number of rotatable bonds is 10. The van der Waals surface area contributed by atoms with Crippen molar-refractivity contribution in [2.75, 3.05) is 6.61 Å². The number of nitrogens with zero attached hydrogens (tertiary/aromatic N) is 1. The van der Waals surface area contributed by atoms with Gasteiger partial charge in [-0.05, 0) is 65.7 Å². The van der Waals surface area contributed by atoms with Gasteiger partial charge in [-0.1, -0.05) is 65.7 Å². The summed E-state index contributed by atoms with van der Waals surface area (Å²) in [5.74, 6) is 0.439. The van der Waals surface area contributed by atoms with Crippen molar-refractivity contribution in [2.24, 2.45) is 5.10 Å². The summed E-state index contributed by atoms with van der Waals surface area (Å²) >= 11 is 11.9. The molecule has 0 aromatic heterocycles. The van der Waals surface area contributed by atoms with Crippen LogP contribution in [0.5, 0.6) is 17.2 Å². The van der Waals surface area contributed by atoms with Gasteiger partial charge in [0.25, 0.3) is 5.91 Å². The van der Waals surface area contributed by atoms with Gasteiger partial charge < -0.3 is 14.2 Å². The highest BCUT2D eigenvalue weighted by Crippen LogP contribution is 2.23. The second-order valence-electron chi connectivity index (χ2n) is 7.91. The monoisotopic (exact) mass is 548 g/mol. The van der Waals surface area contributed by atoms with Crippen molar-refractivity contribution < 1.29 is 23.8 Å². The van der Waals surface area contributed by atoms with Gasteiger partial charge >= 0.3 is 5.97 Å². The van der Waals surface area contributed by atoms with Gasteiger partial charge in [-0.2, -0.15) is 5.10 Å². The van der Waals surface area contributed by atoms with Crippen molar-refractivity contribution in [3.8, 4) is 17.2 Å². The Bertz CT molecular complexity index is 1430. The molecule has 0 bridgehead atoms. The van der Waals surface area contributed by atoms with Crippen LogP contribution in [-0.4, -0.2) is 24.7 Å². The van der Waals surface area contributed by atoms with Gasteiger partial charge in [0, 0.05) is 5.02 Å². The van der Waals surface area contributed by atoms with Crippen molar-refractivity contribution >= 4 is 41.3 Å². The van der Waals surface area contributed by atoms with Gasteiger partial charge in [0.2, 0.25) is 0 Å². The molecule has 7 nitrogen and oxygen atoms in total. The first-order valence-corrected chi connectivity index (χ1v) is 12.2. The summed E-state index contributed by atoms with van der Waals surface area (Å²) in [5, 5.41) is 4.53. The Morgan fingerprint density at radius 1 is 0.789 bits per heavy atom. The fraction of sp³-hybridized carbons (Fsp3) is 0.0690. The zero-order valence-corrected chi connectivity index (χ0v) is 21.5. The zero-order chi connectivity index (χ0) is 26.7. The van der Waals surface area contributed by atoms with E-state index in [1.54, 1.807) is 54.6 Å². The number of halogens is 2. The Morgan fingerprint density at radius 3 is 2.26 bits per heavy atom. The predicted octanol–water partition coefficient (Wildman–Crippen LogP) is 6.32. The standard InChI is InChI=1S/C29H22Cl2N2O5/c30-22-9-14-26(27(31)16-22)29(35)38-25-8-4-7-21(15-25)17-32-33-28(34)19-37-24-12-10-23(11-13-24)36-18-20-5-2-1-3-6-20/h1-17H,18-19H2,(H,33,34)/b32-17-. The van der Waals surface area contributed by atoms with Crippen molar-refractivity contribution in [1.82, 2.24) is 5.43 Å². The molecular formula is C29H22Cl2N2O5. The molecule has 0 unspecified atom stereocenters. The number of benzene rings is 4. The quantitative estimate of drug-likeness (QED) is 0.108. The highest BCUT2D eigenvalue weighted by Gasteiger charge is 2.13. The number of esters is 1. The third-order valence-corrected chi connectivity index (χ3v) is 5.61. The Kier molecular flexibility index (Phi) is 9.34. The van der Waals surface area contributed by atoms with E-state index in [0.717, 1.165) is 5.56 Å². The molecule has 0 saturated heterocycles. The van der Waals surface area contributed by atoms with Crippen molar-refractivity contribution in [3.05, 3.63) is 124 Å². The third kappa shape index (κ3) is 8.09. The molecule has 4 rings (SSSR count). The molecule has 4 aromatic rings. The molecule has 192 valence electrons. The number of hydrazone groups is 1. The van der Waals surface area contributed by atoms with E-state index >= 15 is 0 Å². The van der Waals surface area contributed by atoms with E-state index < -0.39 is 11.9 Å². The number of carbonyl (C=O) groups excluding carboxylic acids is 2. The smallest absolute Gasteiger partial charge is 0.345 e. The topological polar surface area (TPSA) is 86.2 Å². The van der Waals surface area contributed by atoms with Crippen LogP contribution < -0.4 is 19.6 Å². The fourth-order valence-corrected chi connectivity index (χ4v) is 3.69. The molecule has 4 aromatic carbocycles. The van der Waals surface area contributed by atoms with Crippen LogP contribution >= 0.6 is 23.2 Å². The van der Waals surface area contributed by atoms with Crippen LogP contribution in [0.4, 0.5) is 0 Å². The van der Waals surface area contributed by atoms with Crippen LogP contribution in [0, 0.1) is 0 Å². The van der Waals surface area contributed by atoms with Crippen molar-refractivity contribution in [2.45, 2.75) is 6.61 Å². The first kappa shape index (κ1) is 26.7. The lowest BCUT2D eigenvalue weighted by atomic mass is 10.2. The van der Waals surface area contributed by atoms with Crippen LogP contribution in [0.2, 0.25) is 10.0 Å². The molecule has 1 amide bonds. The minimum Gasteiger partial charge on any atom is -0.489 e. The molecular weight excluding hydrogens is 527 g/mol. The lowest BCUT2D eigenvalue weighted by Gasteiger charge is -2.08. The summed E-state index contributed by atoms with van der Waals surface area (Å²) in [7, 11) is 0. The van der Waals surface area contributed by atoms with Crippen LogP contribution in [0.1, 0.15) is 21.5 Å². The largest absolute Gasteiger partial charge is 0.489 e. The van der Waals surface area contributed by atoms with Crippen LogP contribution in [0.3, 0.4) is 0 Å². The SMILES string of the molecule is O=C(COc1ccc(OCc2ccccc2)cc1)N/N=C\c1cccc(OC(=O)c2ccc(Cl)cc2Cl)c1. The first-order valence-electron chi connectivity index (χ1n) is 11.4. The van der Waals surface area contributed by atoms with Gasteiger partial charge in [-0.3, -0.25) is 4.79 Å². The van der Waals surface area contributed by atoms with Gasteiger partial charge in [0.15, 0.2) is 6.61 Å². The van der Waals surface area contributed by atoms with Gasteiger partial charge in [-0.25, -0.2) is 10.2 Å². The van der Waals surface area contributed by atoms with Gasteiger partial charge in [-0.15, -0.1) is 0 Å². The van der Waals surface area contributed by atoms with Crippen LogP contribution in [0.25, 0.3) is 0 Å². The average molecular weight is 549 g/mol. The molecule has 0 heterocycles. The lowest BCUT2D eigenvalue weighted by Crippen LogP contribution is -2.24. The van der Waals surface area contributed by atoms with E-state index in [1.807, 2.05) is 30.3 Å². The van der Waals surface area contributed by atoms with Gasteiger partial charge in [0.05, 0.1) is 16.8 Å². The molecule has 0 saturated carbocycles. The Hall–Kier alpha value is -4.33. The Labute approximate surface area is 229 Å². The molecule has 0 radical (unpaired) electrons. The van der Waals surface area contributed by atoms with Crippen molar-refractivity contribution in [1.29, 1.82) is 0 Å². The summed E-state index contributed by atoms with van der Waals surface area (Å²) < 4.78 is 16.6. The fourth-order valence-electron chi connectivity index (χ4n) is 3.21. The van der Waals surface area contributed by atoms with E-state index in [0.29, 0.717) is 28.7 Å². The van der Waals surface area contributed by atoms with E-state index in [9.17, 15) is 9.59 Å². The molecule has 0 aliphatic carbocycles. The Morgan fingerprint density at radius 2 is 1.53 bits per heavy atom. The molecule has 0 aliphatic heterocycles. The minimum absolute atomic E-state index is 0.191. The second kappa shape index (κ2) is 13.3. The van der Waals surface area contributed by atoms with Crippen molar-refractivity contribution in [3.63, 3.8) is 0 Å². The summed E-state index contributed by atoms with van der Waals surface area (Å²) in [5.41, 5.74) is 4.26. The summed E-state index contributed by atoms with van der Waals surface area (Å²) in [6.45, 7) is 0.241. The van der Waals surface area contributed by atoms with Gasteiger partial charge in [0.1, 0.15) is 23.9 Å². The molecule has 38 heavy (non-hydrogen) atoms. The van der Waals surface area contributed by atoms with E-state index in [4.69, 9.17) is 37.4 Å². The maximum Gasteiger partial charge on any atom is 0.345 e. The van der Waals surface area contributed by atoms with Crippen LogP contribution in [-0.2, 0) is 11.4 Å². The lowest BCUT2D eigenvalue weighted by molar-refractivity contribution is -0.123. The average Bonchev–Trinajstić information content (AvgIpc) is 2.92. The van der Waals surface area contributed by atoms with E-state index in [1.165, 1.54) is 18.3 Å². The highest BCUT2D eigenvalue weighted by atomic mass is 35.5. The maximum atomic E-state index is 12.4. The molecule has 9 heteroatoms. The molecule has 0 fully saturated rings. The first-order chi connectivity index (χ1) is 18.5. The molecule has 0 spiro atoms. The van der Waals surface area contributed by atoms with Crippen LogP contribution in [0.15, 0.2) is 102 Å². The number of hydrogen-bond donors (Lipinski definition) is 1. The maximum absolute atomic E-state index is 12.4. The molecule has 0 aliphatic rings. The number of ether oxygens (including phenoxy) is 3.